The van der Waals surface area contributed by atoms with Crippen molar-refractivity contribution in [2.24, 2.45) is 5.92 Å². The van der Waals surface area contributed by atoms with Crippen LogP contribution in [0.2, 0.25) is 0 Å². The van der Waals surface area contributed by atoms with Gasteiger partial charge in [0.15, 0.2) is 5.92 Å². The highest BCUT2D eigenvalue weighted by Crippen LogP contribution is 1.97. The van der Waals surface area contributed by atoms with E-state index < -0.39 is 5.92 Å². The molecule has 0 aliphatic heterocycles. The summed E-state index contributed by atoms with van der Waals surface area (Å²) in [6.45, 7) is 0.131. The van der Waals surface area contributed by atoms with Crippen molar-refractivity contribution in [3.05, 3.63) is 12.7 Å². The van der Waals surface area contributed by atoms with Gasteiger partial charge in [-0.3, -0.25) is 0 Å². The fourth-order valence-corrected chi connectivity index (χ4v) is 0.765. The molecule has 1 aromatic rings. The first-order chi connectivity index (χ1) is 6.27. The van der Waals surface area contributed by atoms with Gasteiger partial charge in [-0.2, -0.15) is 15.6 Å². The van der Waals surface area contributed by atoms with Gasteiger partial charge in [-0.15, -0.1) is 0 Å². The standard InChI is InChI=1S/C7H6N6/c8-1-6(2-9)7(10)3-13-5-11-4-12-13/h4-6,10H,3H2. The van der Waals surface area contributed by atoms with Gasteiger partial charge in [0.2, 0.25) is 0 Å². The lowest BCUT2D eigenvalue weighted by atomic mass is 10.1. The number of aromatic nitrogens is 3. The number of hydrogen-bond acceptors (Lipinski definition) is 5. The molecule has 0 aliphatic carbocycles. The highest BCUT2D eigenvalue weighted by atomic mass is 15.3. The maximum atomic E-state index is 8.47. The molecule has 0 saturated heterocycles. The van der Waals surface area contributed by atoms with E-state index in [0.29, 0.717) is 0 Å². The van der Waals surface area contributed by atoms with E-state index in [2.05, 4.69) is 10.1 Å². The van der Waals surface area contributed by atoms with E-state index in [4.69, 9.17) is 15.9 Å². The van der Waals surface area contributed by atoms with Gasteiger partial charge < -0.3 is 5.41 Å². The Morgan fingerprint density at radius 3 is 2.69 bits per heavy atom. The number of hydrogen-bond donors (Lipinski definition) is 1. The second-order valence-electron chi connectivity index (χ2n) is 2.31. The normalized spacial score (nSPS) is 9.15. The Morgan fingerprint density at radius 1 is 1.54 bits per heavy atom. The number of rotatable bonds is 3. The van der Waals surface area contributed by atoms with E-state index in [-0.39, 0.29) is 12.3 Å². The van der Waals surface area contributed by atoms with Crippen molar-refractivity contribution in [2.45, 2.75) is 6.54 Å². The van der Waals surface area contributed by atoms with Crippen molar-refractivity contribution < 1.29 is 0 Å². The number of nitrogens with one attached hydrogen (secondary N) is 1. The molecular formula is C7H6N6. The minimum atomic E-state index is -0.996. The molecule has 0 spiro atoms. The van der Waals surface area contributed by atoms with Crippen LogP contribution in [0.4, 0.5) is 0 Å². The van der Waals surface area contributed by atoms with Crippen molar-refractivity contribution in [3.63, 3.8) is 0 Å². The zero-order valence-corrected chi connectivity index (χ0v) is 6.68. The van der Waals surface area contributed by atoms with Gasteiger partial charge in [-0.1, -0.05) is 0 Å². The second-order valence-corrected chi connectivity index (χ2v) is 2.31. The molecule has 1 heterocycles. The molecule has 6 heteroatoms. The zero-order chi connectivity index (χ0) is 9.68. The Morgan fingerprint density at radius 2 is 2.23 bits per heavy atom. The summed E-state index contributed by atoms with van der Waals surface area (Å²) >= 11 is 0. The third-order valence-electron chi connectivity index (χ3n) is 1.41. The summed E-state index contributed by atoms with van der Waals surface area (Å²) in [5.41, 5.74) is 0.0236. The third-order valence-corrected chi connectivity index (χ3v) is 1.41. The smallest absolute Gasteiger partial charge is 0.172 e. The fourth-order valence-electron chi connectivity index (χ4n) is 0.765. The largest absolute Gasteiger partial charge is 0.305 e. The molecule has 64 valence electrons. The maximum absolute atomic E-state index is 8.47. The Bertz CT molecular complexity index is 351. The number of nitrogens with zero attached hydrogens (tertiary/aromatic N) is 5. The van der Waals surface area contributed by atoms with Crippen molar-refractivity contribution >= 4 is 5.71 Å². The van der Waals surface area contributed by atoms with E-state index in [1.54, 1.807) is 12.1 Å². The lowest BCUT2D eigenvalue weighted by Crippen LogP contribution is -2.17. The predicted molar refractivity (Wildman–Crippen MR) is 42.5 cm³/mol. The summed E-state index contributed by atoms with van der Waals surface area (Å²) in [6.07, 6.45) is 2.77. The summed E-state index contributed by atoms with van der Waals surface area (Å²) < 4.78 is 1.39. The maximum Gasteiger partial charge on any atom is 0.172 e. The van der Waals surface area contributed by atoms with Gasteiger partial charge in [0, 0.05) is 0 Å². The molecule has 13 heavy (non-hydrogen) atoms. The molecule has 1 aromatic heterocycles. The molecule has 0 saturated carbocycles. The summed E-state index contributed by atoms with van der Waals surface area (Å²) in [4.78, 5) is 3.68. The van der Waals surface area contributed by atoms with Crippen LogP contribution in [0.25, 0.3) is 0 Å². The lowest BCUT2D eigenvalue weighted by Gasteiger charge is -2.01. The topological polar surface area (TPSA) is 102 Å². The summed E-state index contributed by atoms with van der Waals surface area (Å²) in [7, 11) is 0. The molecule has 0 bridgehead atoms. The van der Waals surface area contributed by atoms with Gasteiger partial charge in [-0.05, 0) is 0 Å². The molecular weight excluding hydrogens is 168 g/mol. The average Bonchev–Trinajstić information content (AvgIpc) is 2.59. The van der Waals surface area contributed by atoms with Crippen LogP contribution in [0.1, 0.15) is 0 Å². The van der Waals surface area contributed by atoms with Crippen molar-refractivity contribution in [1.82, 2.24) is 14.8 Å². The van der Waals surface area contributed by atoms with E-state index in [1.807, 2.05) is 0 Å². The average molecular weight is 174 g/mol. The van der Waals surface area contributed by atoms with Gasteiger partial charge in [-0.25, -0.2) is 9.67 Å². The first kappa shape index (κ1) is 8.88. The van der Waals surface area contributed by atoms with Gasteiger partial charge >= 0.3 is 0 Å². The molecule has 0 fully saturated rings. The highest BCUT2D eigenvalue weighted by Gasteiger charge is 2.12. The molecule has 1 N–H and O–H groups in total. The van der Waals surface area contributed by atoms with Gasteiger partial charge in [0.05, 0.1) is 24.4 Å². The summed E-state index contributed by atoms with van der Waals surface area (Å²) in [5, 5.41) is 28.1. The Labute approximate surface area is 74.6 Å². The monoisotopic (exact) mass is 174 g/mol. The second kappa shape index (κ2) is 3.98. The zero-order valence-electron chi connectivity index (χ0n) is 6.68. The summed E-state index contributed by atoms with van der Waals surface area (Å²) in [6, 6.07) is 3.43. The Hall–Kier alpha value is -2.21. The summed E-state index contributed by atoms with van der Waals surface area (Å²) in [5.74, 6) is -0.996. The molecule has 0 radical (unpaired) electrons. The first-order valence-corrected chi connectivity index (χ1v) is 3.47. The molecule has 0 atom stereocenters. The van der Waals surface area contributed by atoms with Crippen LogP contribution in [0.15, 0.2) is 12.7 Å². The molecule has 0 unspecified atom stereocenters. The third kappa shape index (κ3) is 2.11. The molecule has 0 aromatic carbocycles. The van der Waals surface area contributed by atoms with Crippen LogP contribution in [0, 0.1) is 34.0 Å². The van der Waals surface area contributed by atoms with E-state index in [1.165, 1.54) is 17.3 Å². The van der Waals surface area contributed by atoms with Crippen LogP contribution >= 0.6 is 0 Å². The van der Waals surface area contributed by atoms with Gasteiger partial charge in [0.1, 0.15) is 12.7 Å². The Balaban J connectivity index is 2.63. The highest BCUT2D eigenvalue weighted by molar-refractivity contribution is 5.87. The number of nitriles is 2. The van der Waals surface area contributed by atoms with Crippen LogP contribution in [0.5, 0.6) is 0 Å². The minimum absolute atomic E-state index is 0.0236. The molecule has 0 amide bonds. The molecule has 0 aliphatic rings. The van der Waals surface area contributed by atoms with Crippen molar-refractivity contribution in [3.8, 4) is 12.1 Å². The quantitative estimate of drug-likeness (QED) is 0.649. The molecule has 6 nitrogen and oxygen atoms in total. The van der Waals surface area contributed by atoms with Crippen molar-refractivity contribution in [2.75, 3.05) is 0 Å². The van der Waals surface area contributed by atoms with Gasteiger partial charge in [0.25, 0.3) is 0 Å². The van der Waals surface area contributed by atoms with Crippen LogP contribution in [0.3, 0.4) is 0 Å². The van der Waals surface area contributed by atoms with Crippen LogP contribution in [-0.2, 0) is 6.54 Å². The van der Waals surface area contributed by atoms with Crippen LogP contribution in [-0.4, -0.2) is 20.5 Å². The SMILES string of the molecule is N#CC(C#N)C(=N)Cn1cncn1. The van der Waals surface area contributed by atoms with Crippen molar-refractivity contribution in [1.29, 1.82) is 15.9 Å². The van der Waals surface area contributed by atoms with E-state index in [0.717, 1.165) is 0 Å². The van der Waals surface area contributed by atoms with Crippen LogP contribution < -0.4 is 0 Å². The predicted octanol–water partition coefficient (Wildman–Crippen LogP) is -0.0388. The van der Waals surface area contributed by atoms with E-state index in [9.17, 15) is 0 Å². The van der Waals surface area contributed by atoms with E-state index >= 15 is 0 Å². The fraction of sp³-hybridized carbons (Fsp3) is 0.286. The lowest BCUT2D eigenvalue weighted by molar-refractivity contribution is 0.708. The molecule has 1 rings (SSSR count). The minimum Gasteiger partial charge on any atom is -0.305 e. The Kier molecular flexibility index (Phi) is 2.72. The first-order valence-electron chi connectivity index (χ1n) is 3.47.